The maximum Gasteiger partial charge on any atom is 0.259 e. The van der Waals surface area contributed by atoms with Crippen molar-refractivity contribution < 1.29 is 13.2 Å². The van der Waals surface area contributed by atoms with Crippen LogP contribution in [0, 0.1) is 13.8 Å². The molecule has 0 bridgehead atoms. The molecule has 0 unspecified atom stereocenters. The van der Waals surface area contributed by atoms with Gasteiger partial charge in [-0.1, -0.05) is 0 Å². The Morgan fingerprint density at radius 1 is 1.24 bits per heavy atom. The average molecular weight is 308 g/mol. The number of anilines is 1. The maximum absolute atomic E-state index is 12.2. The van der Waals surface area contributed by atoms with Crippen LogP contribution in [-0.2, 0) is 17.1 Å². The number of primary sulfonamides is 1. The first kappa shape index (κ1) is 15.2. The molecule has 21 heavy (non-hydrogen) atoms. The van der Waals surface area contributed by atoms with E-state index >= 15 is 0 Å². The van der Waals surface area contributed by atoms with E-state index in [4.69, 9.17) is 5.14 Å². The molecule has 0 saturated carbocycles. The SMILES string of the molecule is Cc1nn(C)c(C)c1C(=O)Nc1ccc(S(N)(=O)=O)cc1. The zero-order chi connectivity index (χ0) is 15.8. The van der Waals surface area contributed by atoms with Gasteiger partial charge in [0.15, 0.2) is 0 Å². The standard InChI is InChI=1S/C13H16N4O3S/c1-8-12(9(2)17(3)16-8)13(18)15-10-4-6-11(7-5-10)21(14,19)20/h4-7H,1-3H3,(H,15,18)(H2,14,19,20). The van der Waals surface area contributed by atoms with E-state index in [0.29, 0.717) is 16.9 Å². The van der Waals surface area contributed by atoms with Crippen LogP contribution >= 0.6 is 0 Å². The number of nitrogens with one attached hydrogen (secondary N) is 1. The van der Waals surface area contributed by atoms with Crippen LogP contribution in [0.5, 0.6) is 0 Å². The van der Waals surface area contributed by atoms with Gasteiger partial charge >= 0.3 is 0 Å². The fourth-order valence-electron chi connectivity index (χ4n) is 2.02. The van der Waals surface area contributed by atoms with E-state index in [1.165, 1.54) is 24.3 Å². The Morgan fingerprint density at radius 3 is 2.24 bits per heavy atom. The molecule has 2 rings (SSSR count). The number of hydrogen-bond donors (Lipinski definition) is 2. The van der Waals surface area contributed by atoms with Gasteiger partial charge < -0.3 is 5.32 Å². The summed E-state index contributed by atoms with van der Waals surface area (Å²) in [5, 5.41) is 11.9. The molecular weight excluding hydrogens is 292 g/mol. The molecule has 1 aromatic carbocycles. The predicted octanol–water partition coefficient (Wildman–Crippen LogP) is 0.937. The first-order valence-electron chi connectivity index (χ1n) is 6.14. The molecule has 7 nitrogen and oxygen atoms in total. The fourth-order valence-corrected chi connectivity index (χ4v) is 2.54. The number of nitrogens with two attached hydrogens (primary N) is 1. The van der Waals surface area contributed by atoms with Crippen molar-refractivity contribution in [1.82, 2.24) is 9.78 Å². The predicted molar refractivity (Wildman–Crippen MR) is 78.5 cm³/mol. The molecule has 8 heteroatoms. The number of sulfonamides is 1. The lowest BCUT2D eigenvalue weighted by Crippen LogP contribution is -2.15. The first-order chi connectivity index (χ1) is 9.70. The third-order valence-corrected chi connectivity index (χ3v) is 4.11. The molecule has 3 N–H and O–H groups in total. The van der Waals surface area contributed by atoms with Gasteiger partial charge in [-0.25, -0.2) is 13.6 Å². The molecule has 112 valence electrons. The van der Waals surface area contributed by atoms with Crippen molar-refractivity contribution in [2.24, 2.45) is 12.2 Å². The van der Waals surface area contributed by atoms with Gasteiger partial charge in [-0.15, -0.1) is 0 Å². The molecule has 1 amide bonds. The van der Waals surface area contributed by atoms with Crippen molar-refractivity contribution in [3.63, 3.8) is 0 Å². The third kappa shape index (κ3) is 3.11. The van der Waals surface area contributed by atoms with E-state index in [1.807, 2.05) is 0 Å². The summed E-state index contributed by atoms with van der Waals surface area (Å²) in [6, 6.07) is 5.65. The highest BCUT2D eigenvalue weighted by molar-refractivity contribution is 7.89. The number of rotatable bonds is 3. The summed E-state index contributed by atoms with van der Waals surface area (Å²) in [5.74, 6) is -0.290. The van der Waals surface area contributed by atoms with Crippen LogP contribution in [0.25, 0.3) is 0 Å². The number of amides is 1. The second-order valence-electron chi connectivity index (χ2n) is 4.69. The van der Waals surface area contributed by atoms with Crippen molar-refractivity contribution in [3.05, 3.63) is 41.2 Å². The van der Waals surface area contributed by atoms with E-state index in [-0.39, 0.29) is 10.8 Å². The van der Waals surface area contributed by atoms with Crippen molar-refractivity contribution in [1.29, 1.82) is 0 Å². The van der Waals surface area contributed by atoms with E-state index in [1.54, 1.807) is 25.6 Å². The molecule has 2 aromatic rings. The highest BCUT2D eigenvalue weighted by Gasteiger charge is 2.17. The number of carbonyl (C=O) groups is 1. The summed E-state index contributed by atoms with van der Waals surface area (Å²) in [5.41, 5.74) is 2.38. The molecule has 0 aliphatic rings. The Balaban J connectivity index is 2.24. The van der Waals surface area contributed by atoms with Gasteiger partial charge in [-0.05, 0) is 38.1 Å². The Kier molecular flexibility index (Phi) is 3.84. The quantitative estimate of drug-likeness (QED) is 0.879. The Morgan fingerprint density at radius 2 is 1.81 bits per heavy atom. The van der Waals surface area contributed by atoms with E-state index in [2.05, 4.69) is 10.4 Å². The number of nitrogens with zero attached hydrogens (tertiary/aromatic N) is 2. The molecular formula is C13H16N4O3S. The van der Waals surface area contributed by atoms with E-state index in [0.717, 1.165) is 5.69 Å². The van der Waals surface area contributed by atoms with Gasteiger partial charge in [-0.3, -0.25) is 9.48 Å². The Bertz CT molecular complexity index is 792. The molecule has 0 aliphatic carbocycles. The lowest BCUT2D eigenvalue weighted by atomic mass is 10.2. The number of aromatic nitrogens is 2. The van der Waals surface area contributed by atoms with Crippen LogP contribution in [-0.4, -0.2) is 24.1 Å². The molecule has 0 aliphatic heterocycles. The number of aryl methyl sites for hydroxylation is 2. The average Bonchev–Trinajstić information content (AvgIpc) is 2.62. The van der Waals surface area contributed by atoms with Crippen molar-refractivity contribution in [2.45, 2.75) is 18.7 Å². The topological polar surface area (TPSA) is 107 Å². The molecule has 1 heterocycles. The van der Waals surface area contributed by atoms with Crippen LogP contribution in [0.15, 0.2) is 29.2 Å². The van der Waals surface area contributed by atoms with Crippen LogP contribution in [0.2, 0.25) is 0 Å². The molecule has 0 saturated heterocycles. The van der Waals surface area contributed by atoms with Gasteiger partial charge in [0.2, 0.25) is 10.0 Å². The first-order valence-corrected chi connectivity index (χ1v) is 7.69. The van der Waals surface area contributed by atoms with Crippen molar-refractivity contribution in [3.8, 4) is 0 Å². The zero-order valence-corrected chi connectivity index (χ0v) is 12.7. The summed E-state index contributed by atoms with van der Waals surface area (Å²) in [7, 11) is -1.97. The summed E-state index contributed by atoms with van der Waals surface area (Å²) in [6.45, 7) is 3.56. The summed E-state index contributed by atoms with van der Waals surface area (Å²) in [4.78, 5) is 12.2. The summed E-state index contributed by atoms with van der Waals surface area (Å²) >= 11 is 0. The lowest BCUT2D eigenvalue weighted by Gasteiger charge is -2.06. The van der Waals surface area contributed by atoms with Gasteiger partial charge in [0.1, 0.15) is 0 Å². The number of hydrogen-bond acceptors (Lipinski definition) is 4. The zero-order valence-electron chi connectivity index (χ0n) is 11.9. The molecule has 1 aromatic heterocycles. The maximum atomic E-state index is 12.2. The van der Waals surface area contributed by atoms with Gasteiger partial charge in [0.25, 0.3) is 5.91 Å². The molecule has 0 atom stereocenters. The largest absolute Gasteiger partial charge is 0.322 e. The van der Waals surface area contributed by atoms with Gasteiger partial charge in [0, 0.05) is 18.4 Å². The molecule has 0 fully saturated rings. The van der Waals surface area contributed by atoms with Crippen molar-refractivity contribution in [2.75, 3.05) is 5.32 Å². The molecule has 0 radical (unpaired) electrons. The van der Waals surface area contributed by atoms with Crippen LogP contribution in [0.3, 0.4) is 0 Å². The second-order valence-corrected chi connectivity index (χ2v) is 6.25. The second kappa shape index (κ2) is 5.30. The number of carbonyl (C=O) groups excluding carboxylic acids is 1. The number of benzene rings is 1. The minimum absolute atomic E-state index is 0.00534. The highest BCUT2D eigenvalue weighted by Crippen LogP contribution is 2.17. The smallest absolute Gasteiger partial charge is 0.259 e. The van der Waals surface area contributed by atoms with Crippen molar-refractivity contribution >= 4 is 21.6 Å². The third-order valence-electron chi connectivity index (χ3n) is 3.18. The monoisotopic (exact) mass is 308 g/mol. The summed E-state index contributed by atoms with van der Waals surface area (Å²) < 4.78 is 24.0. The molecule has 0 spiro atoms. The Hall–Kier alpha value is -2.19. The highest BCUT2D eigenvalue weighted by atomic mass is 32.2. The normalized spacial score (nSPS) is 11.4. The van der Waals surface area contributed by atoms with Crippen LogP contribution < -0.4 is 10.5 Å². The van der Waals surface area contributed by atoms with Crippen LogP contribution in [0.1, 0.15) is 21.7 Å². The summed E-state index contributed by atoms with van der Waals surface area (Å²) in [6.07, 6.45) is 0. The lowest BCUT2D eigenvalue weighted by molar-refractivity contribution is 0.102. The van der Waals surface area contributed by atoms with Gasteiger partial charge in [0.05, 0.1) is 16.2 Å². The van der Waals surface area contributed by atoms with E-state index < -0.39 is 10.0 Å². The Labute approximate surface area is 122 Å². The minimum atomic E-state index is -3.74. The fraction of sp³-hybridized carbons (Fsp3) is 0.231. The van der Waals surface area contributed by atoms with Crippen LogP contribution in [0.4, 0.5) is 5.69 Å². The minimum Gasteiger partial charge on any atom is -0.322 e. The van der Waals surface area contributed by atoms with Gasteiger partial charge in [-0.2, -0.15) is 5.10 Å². The van der Waals surface area contributed by atoms with E-state index in [9.17, 15) is 13.2 Å².